The summed E-state index contributed by atoms with van der Waals surface area (Å²) in [6, 6.07) is 6.37. The van der Waals surface area contributed by atoms with Crippen LogP contribution in [-0.2, 0) is 15.6 Å². The molecule has 1 aromatic heterocycles. The largest absolute Gasteiger partial charge is 0.748 e. The van der Waals surface area contributed by atoms with Crippen molar-refractivity contribution in [2.24, 2.45) is 0 Å². The number of fused-ring (bicyclic) bond motifs is 1. The van der Waals surface area contributed by atoms with E-state index >= 15 is 0 Å². The van der Waals surface area contributed by atoms with Crippen molar-refractivity contribution in [1.29, 1.82) is 0 Å². The number of H-pyrrole nitrogens is 1. The second kappa shape index (κ2) is 6.02. The maximum absolute atomic E-state index is 10.8. The minimum atomic E-state index is -2.66. The third kappa shape index (κ3) is 3.44. The molecule has 1 atom stereocenters. The number of benzene rings is 1. The number of hydroxylamine groups is 1. The van der Waals surface area contributed by atoms with E-state index in [9.17, 15) is 13.6 Å². The minimum absolute atomic E-state index is 0. The zero-order chi connectivity index (χ0) is 13.3. The van der Waals surface area contributed by atoms with Crippen molar-refractivity contribution in [2.45, 2.75) is 0 Å². The molecule has 2 aromatic rings. The number of anilines is 1. The van der Waals surface area contributed by atoms with Crippen LogP contribution in [0.4, 0.5) is 5.69 Å². The van der Waals surface area contributed by atoms with Crippen LogP contribution in [0, 0.1) is 0 Å². The van der Waals surface area contributed by atoms with Crippen molar-refractivity contribution < 1.29 is 22.9 Å². The normalized spacial score (nSPS) is 11.9. The van der Waals surface area contributed by atoms with Gasteiger partial charge in [0.05, 0.1) is 5.69 Å². The van der Waals surface area contributed by atoms with Gasteiger partial charge in [0.15, 0.2) is 0 Å². The maximum Gasteiger partial charge on any atom is 0.352 e. The highest BCUT2D eigenvalue weighted by Crippen LogP contribution is 2.22. The zero-order valence-corrected chi connectivity index (χ0v) is 11.3. The average molecular weight is 306 g/mol. The van der Waals surface area contributed by atoms with Gasteiger partial charge in [0.1, 0.15) is 17.1 Å². The number of hydrogen-bond acceptors (Lipinski definition) is 5. The number of rotatable bonds is 4. The van der Waals surface area contributed by atoms with Crippen molar-refractivity contribution in [3.05, 3.63) is 30.0 Å². The molecule has 0 spiro atoms. The molecule has 0 radical (unpaired) electrons. The summed E-state index contributed by atoms with van der Waals surface area (Å²) in [5.74, 6) is -1.06. The summed E-state index contributed by atoms with van der Waals surface area (Å²) in [5.41, 5.74) is 1.13. The molecule has 0 aliphatic rings. The SMILES string of the molecule is CN(OS(=O)[O-])c1ccc2cc(C(=O)O)[nH]c2c1.Cl. The van der Waals surface area contributed by atoms with Crippen LogP contribution >= 0.6 is 12.4 Å². The Morgan fingerprint density at radius 1 is 1.47 bits per heavy atom. The first-order chi connectivity index (χ1) is 8.47. The average Bonchev–Trinajstić information content (AvgIpc) is 2.70. The van der Waals surface area contributed by atoms with E-state index in [0.29, 0.717) is 16.6 Å². The Bertz CT molecular complexity index is 629. The molecule has 0 aliphatic heterocycles. The van der Waals surface area contributed by atoms with Gasteiger partial charge in [0.25, 0.3) is 0 Å². The highest BCUT2D eigenvalue weighted by atomic mass is 35.5. The van der Waals surface area contributed by atoms with E-state index in [2.05, 4.69) is 9.27 Å². The van der Waals surface area contributed by atoms with Gasteiger partial charge in [-0.1, -0.05) is 6.07 Å². The van der Waals surface area contributed by atoms with E-state index in [1.165, 1.54) is 13.1 Å². The molecule has 0 aliphatic carbocycles. The van der Waals surface area contributed by atoms with E-state index in [0.717, 1.165) is 5.06 Å². The van der Waals surface area contributed by atoms with E-state index < -0.39 is 17.3 Å². The summed E-state index contributed by atoms with van der Waals surface area (Å²) >= 11 is -2.66. The lowest BCUT2D eigenvalue weighted by Crippen LogP contribution is -2.18. The molecule has 7 nitrogen and oxygen atoms in total. The summed E-state index contributed by atoms with van der Waals surface area (Å²) in [6.45, 7) is 0. The number of aromatic carboxylic acids is 1. The Balaban J connectivity index is 0.00000180. The number of hydrogen-bond donors (Lipinski definition) is 2. The predicted octanol–water partition coefficient (Wildman–Crippen LogP) is 1.45. The van der Waals surface area contributed by atoms with Gasteiger partial charge in [-0.15, -0.1) is 12.4 Å². The smallest absolute Gasteiger partial charge is 0.352 e. The predicted molar refractivity (Wildman–Crippen MR) is 70.9 cm³/mol. The fraction of sp³-hybridized carbons (Fsp3) is 0.100. The highest BCUT2D eigenvalue weighted by Gasteiger charge is 2.09. The molecule has 0 amide bonds. The molecule has 2 rings (SSSR count). The van der Waals surface area contributed by atoms with E-state index in [-0.39, 0.29) is 18.1 Å². The molecule has 1 aromatic carbocycles. The molecule has 2 N–H and O–H groups in total. The molecule has 9 heteroatoms. The number of carboxylic acids is 1. The number of carboxylic acid groups (broad SMARTS) is 1. The van der Waals surface area contributed by atoms with Crippen molar-refractivity contribution in [2.75, 3.05) is 12.1 Å². The standard InChI is InChI=1S/C10H10N2O5S.ClH/c1-12(17-18(15)16)7-3-2-6-4-9(10(13)14)11-8(6)5-7;/h2-5,11H,1H3,(H,13,14)(H,15,16);1H/p-1. The lowest BCUT2D eigenvalue weighted by Gasteiger charge is -2.18. The van der Waals surface area contributed by atoms with Crippen LogP contribution in [0.1, 0.15) is 10.5 Å². The van der Waals surface area contributed by atoms with Gasteiger partial charge < -0.3 is 14.6 Å². The Morgan fingerprint density at radius 2 is 2.16 bits per heavy atom. The van der Waals surface area contributed by atoms with Crippen LogP contribution < -0.4 is 5.06 Å². The lowest BCUT2D eigenvalue weighted by atomic mass is 10.2. The first kappa shape index (κ1) is 15.4. The summed E-state index contributed by atoms with van der Waals surface area (Å²) in [6.07, 6.45) is 0. The Morgan fingerprint density at radius 3 is 2.74 bits per heavy atom. The molecule has 104 valence electrons. The second-order valence-electron chi connectivity index (χ2n) is 3.54. The Labute approximate surface area is 117 Å². The monoisotopic (exact) mass is 305 g/mol. The molecule has 0 saturated heterocycles. The van der Waals surface area contributed by atoms with E-state index in [1.807, 2.05) is 0 Å². The quantitative estimate of drug-likeness (QED) is 0.654. The van der Waals surface area contributed by atoms with E-state index in [4.69, 9.17) is 5.11 Å². The Kier molecular flexibility index (Phi) is 4.90. The number of carbonyl (C=O) groups is 1. The van der Waals surface area contributed by atoms with Crippen molar-refractivity contribution in [3.63, 3.8) is 0 Å². The van der Waals surface area contributed by atoms with Crippen LogP contribution in [-0.4, -0.2) is 31.9 Å². The molecular weight excluding hydrogens is 296 g/mol. The molecule has 0 bridgehead atoms. The van der Waals surface area contributed by atoms with Gasteiger partial charge in [-0.3, -0.25) is 0 Å². The van der Waals surface area contributed by atoms with Gasteiger partial charge in [-0.2, -0.15) is 4.28 Å². The first-order valence-corrected chi connectivity index (χ1v) is 5.85. The lowest BCUT2D eigenvalue weighted by molar-refractivity contribution is 0.0691. The molecule has 19 heavy (non-hydrogen) atoms. The van der Waals surface area contributed by atoms with E-state index in [1.54, 1.807) is 18.2 Å². The fourth-order valence-corrected chi connectivity index (χ4v) is 1.83. The molecule has 0 saturated carbocycles. The number of aromatic amines is 1. The first-order valence-electron chi connectivity index (χ1n) is 4.85. The molecule has 1 unspecified atom stereocenters. The van der Waals surface area contributed by atoms with Crippen molar-refractivity contribution in [1.82, 2.24) is 4.98 Å². The summed E-state index contributed by atoms with van der Waals surface area (Å²) < 4.78 is 25.2. The number of nitrogens with zero attached hydrogens (tertiary/aromatic N) is 1. The summed E-state index contributed by atoms with van der Waals surface area (Å²) in [4.78, 5) is 13.5. The maximum atomic E-state index is 10.8. The summed E-state index contributed by atoms with van der Waals surface area (Å²) in [5, 5.41) is 10.6. The van der Waals surface area contributed by atoms with Crippen LogP contribution in [0.15, 0.2) is 24.3 Å². The number of aromatic nitrogens is 1. The second-order valence-corrected chi connectivity index (χ2v) is 4.09. The summed E-state index contributed by atoms with van der Waals surface area (Å²) in [7, 11) is 1.43. The van der Waals surface area contributed by atoms with Gasteiger partial charge in [0, 0.05) is 18.0 Å². The highest BCUT2D eigenvalue weighted by molar-refractivity contribution is 7.74. The third-order valence-corrected chi connectivity index (χ3v) is 2.72. The van der Waals surface area contributed by atoms with Crippen molar-refractivity contribution >= 4 is 46.3 Å². The number of nitrogens with one attached hydrogen (secondary N) is 1. The van der Waals surface area contributed by atoms with Crippen molar-refractivity contribution in [3.8, 4) is 0 Å². The Hall–Kier alpha value is -1.61. The minimum Gasteiger partial charge on any atom is -0.748 e. The molecule has 1 heterocycles. The fourth-order valence-electron chi connectivity index (χ4n) is 1.56. The van der Waals surface area contributed by atoms with Crippen LogP contribution in [0.5, 0.6) is 0 Å². The van der Waals surface area contributed by atoms with Crippen LogP contribution in [0.25, 0.3) is 10.9 Å². The molecular formula is C10H10ClN2O5S-. The van der Waals surface area contributed by atoms with Crippen LogP contribution in [0.3, 0.4) is 0 Å². The number of halogens is 1. The van der Waals surface area contributed by atoms with Gasteiger partial charge in [-0.25, -0.2) is 14.1 Å². The van der Waals surface area contributed by atoms with Gasteiger partial charge in [-0.05, 0) is 18.2 Å². The molecule has 0 fully saturated rings. The third-order valence-electron chi connectivity index (χ3n) is 2.37. The van der Waals surface area contributed by atoms with Gasteiger partial charge in [0.2, 0.25) is 0 Å². The topological polar surface area (TPSA) is 106 Å². The zero-order valence-electron chi connectivity index (χ0n) is 9.65. The van der Waals surface area contributed by atoms with Crippen LogP contribution in [0.2, 0.25) is 0 Å². The van der Waals surface area contributed by atoms with Gasteiger partial charge >= 0.3 is 5.97 Å².